The van der Waals surface area contributed by atoms with Gasteiger partial charge < -0.3 is 15.2 Å². The molecule has 5 nitrogen and oxygen atoms in total. The first-order valence-corrected chi connectivity index (χ1v) is 7.34. The Morgan fingerprint density at radius 1 is 1.24 bits per heavy atom. The number of amides is 1. The third-order valence-corrected chi connectivity index (χ3v) is 3.21. The van der Waals surface area contributed by atoms with Gasteiger partial charge in [0.15, 0.2) is 0 Å². The smallest absolute Gasteiger partial charge is 0.412 e. The SMILES string of the molecule is CCCC(CC)NC(=O)Oc1ccc(CCC(=O)O)cc1. The van der Waals surface area contributed by atoms with Gasteiger partial charge in [-0.3, -0.25) is 4.79 Å². The first-order valence-electron chi connectivity index (χ1n) is 7.34. The van der Waals surface area contributed by atoms with Crippen molar-refractivity contribution >= 4 is 12.1 Å². The molecular formula is C16H23NO4. The number of carboxylic acid groups (broad SMARTS) is 1. The quantitative estimate of drug-likeness (QED) is 0.770. The van der Waals surface area contributed by atoms with E-state index in [4.69, 9.17) is 9.84 Å². The van der Waals surface area contributed by atoms with Crippen LogP contribution < -0.4 is 10.1 Å². The lowest BCUT2D eigenvalue weighted by atomic mass is 10.1. The van der Waals surface area contributed by atoms with Crippen molar-refractivity contribution in [3.8, 4) is 5.75 Å². The summed E-state index contributed by atoms with van der Waals surface area (Å²) in [5.74, 6) is -0.367. The van der Waals surface area contributed by atoms with Gasteiger partial charge in [0.05, 0.1) is 0 Å². The molecule has 1 amide bonds. The summed E-state index contributed by atoms with van der Waals surface area (Å²) in [6.07, 6.45) is 2.92. The van der Waals surface area contributed by atoms with E-state index >= 15 is 0 Å². The van der Waals surface area contributed by atoms with Crippen molar-refractivity contribution in [1.29, 1.82) is 0 Å². The molecule has 0 radical (unpaired) electrons. The molecule has 0 aliphatic carbocycles. The number of ether oxygens (including phenoxy) is 1. The van der Waals surface area contributed by atoms with E-state index in [0.717, 1.165) is 24.8 Å². The van der Waals surface area contributed by atoms with Crippen LogP contribution in [0.25, 0.3) is 0 Å². The van der Waals surface area contributed by atoms with E-state index in [0.29, 0.717) is 12.2 Å². The molecule has 0 bridgehead atoms. The van der Waals surface area contributed by atoms with Gasteiger partial charge in [-0.15, -0.1) is 0 Å². The molecule has 116 valence electrons. The Labute approximate surface area is 125 Å². The van der Waals surface area contributed by atoms with E-state index in [1.54, 1.807) is 24.3 Å². The molecule has 0 fully saturated rings. The molecule has 2 N–H and O–H groups in total. The fourth-order valence-corrected chi connectivity index (χ4v) is 2.01. The average Bonchev–Trinajstić information content (AvgIpc) is 2.46. The molecule has 0 spiro atoms. The number of nitrogens with one attached hydrogen (secondary N) is 1. The fourth-order valence-electron chi connectivity index (χ4n) is 2.01. The van der Waals surface area contributed by atoms with Gasteiger partial charge >= 0.3 is 12.1 Å². The Balaban J connectivity index is 2.47. The van der Waals surface area contributed by atoms with Crippen molar-refractivity contribution in [2.24, 2.45) is 0 Å². The van der Waals surface area contributed by atoms with Crippen LogP contribution in [0.1, 0.15) is 45.1 Å². The lowest BCUT2D eigenvalue weighted by Crippen LogP contribution is -2.36. The zero-order chi connectivity index (χ0) is 15.7. The molecule has 0 aromatic heterocycles. The van der Waals surface area contributed by atoms with Crippen LogP contribution in [0.3, 0.4) is 0 Å². The number of carbonyl (C=O) groups is 2. The van der Waals surface area contributed by atoms with E-state index < -0.39 is 12.1 Å². The van der Waals surface area contributed by atoms with Crippen LogP contribution in [0.4, 0.5) is 4.79 Å². The van der Waals surface area contributed by atoms with E-state index in [9.17, 15) is 9.59 Å². The van der Waals surface area contributed by atoms with Crippen LogP contribution in [-0.2, 0) is 11.2 Å². The van der Waals surface area contributed by atoms with Crippen molar-refractivity contribution in [3.63, 3.8) is 0 Å². The van der Waals surface area contributed by atoms with E-state index in [1.165, 1.54) is 0 Å². The van der Waals surface area contributed by atoms with Gasteiger partial charge in [-0.1, -0.05) is 32.4 Å². The third kappa shape index (κ3) is 6.79. The standard InChI is InChI=1S/C16H23NO4/c1-3-5-13(4-2)17-16(20)21-14-9-6-12(7-10-14)8-11-15(18)19/h6-7,9-10,13H,3-5,8,11H2,1-2H3,(H,17,20)(H,18,19). The molecule has 1 aromatic rings. The number of carbonyl (C=O) groups excluding carboxylic acids is 1. The Kier molecular flexibility index (Phi) is 7.29. The minimum absolute atomic E-state index is 0.0931. The molecule has 1 aromatic carbocycles. The topological polar surface area (TPSA) is 75.6 Å². The molecule has 5 heteroatoms. The van der Waals surface area contributed by atoms with Crippen molar-refractivity contribution in [2.45, 2.75) is 52.0 Å². The van der Waals surface area contributed by atoms with Crippen LogP contribution in [0.5, 0.6) is 5.75 Å². The molecule has 1 unspecified atom stereocenters. The highest BCUT2D eigenvalue weighted by molar-refractivity contribution is 5.70. The van der Waals surface area contributed by atoms with Crippen molar-refractivity contribution in [3.05, 3.63) is 29.8 Å². The Morgan fingerprint density at radius 2 is 1.90 bits per heavy atom. The summed E-state index contributed by atoms with van der Waals surface area (Å²) in [4.78, 5) is 22.2. The first-order chi connectivity index (χ1) is 10.0. The summed E-state index contributed by atoms with van der Waals surface area (Å²) in [7, 11) is 0. The number of aliphatic carboxylic acids is 1. The van der Waals surface area contributed by atoms with Gasteiger partial charge in [0.2, 0.25) is 0 Å². The Bertz CT molecular complexity index is 456. The zero-order valence-electron chi connectivity index (χ0n) is 12.6. The van der Waals surface area contributed by atoms with Gasteiger partial charge in [0.25, 0.3) is 0 Å². The third-order valence-electron chi connectivity index (χ3n) is 3.21. The Hall–Kier alpha value is -2.04. The minimum Gasteiger partial charge on any atom is -0.481 e. The summed E-state index contributed by atoms with van der Waals surface area (Å²) in [6, 6.07) is 7.04. The maximum Gasteiger partial charge on any atom is 0.412 e. The van der Waals surface area contributed by atoms with Crippen molar-refractivity contribution < 1.29 is 19.4 Å². The molecule has 0 aliphatic rings. The largest absolute Gasteiger partial charge is 0.481 e. The molecule has 0 saturated heterocycles. The van der Waals surface area contributed by atoms with Gasteiger partial charge in [0, 0.05) is 12.5 Å². The zero-order valence-corrected chi connectivity index (χ0v) is 12.6. The second kappa shape index (κ2) is 9.00. The second-order valence-electron chi connectivity index (χ2n) is 4.97. The van der Waals surface area contributed by atoms with E-state index in [1.807, 2.05) is 6.92 Å². The normalized spacial score (nSPS) is 11.7. The van der Waals surface area contributed by atoms with Gasteiger partial charge in [-0.25, -0.2) is 4.79 Å². The molecule has 21 heavy (non-hydrogen) atoms. The number of benzene rings is 1. The van der Waals surface area contributed by atoms with E-state index in [2.05, 4.69) is 12.2 Å². The summed E-state index contributed by atoms with van der Waals surface area (Å²) < 4.78 is 5.21. The molecular weight excluding hydrogens is 270 g/mol. The highest BCUT2D eigenvalue weighted by Gasteiger charge is 2.11. The maximum absolute atomic E-state index is 11.7. The fraction of sp³-hybridized carbons (Fsp3) is 0.500. The molecule has 0 heterocycles. The highest BCUT2D eigenvalue weighted by Crippen LogP contribution is 2.14. The average molecular weight is 293 g/mol. The van der Waals surface area contributed by atoms with Crippen LogP contribution in [0, 0.1) is 0 Å². The lowest BCUT2D eigenvalue weighted by molar-refractivity contribution is -0.136. The lowest BCUT2D eigenvalue weighted by Gasteiger charge is -2.15. The molecule has 0 saturated carbocycles. The summed E-state index contributed by atoms with van der Waals surface area (Å²) in [5.41, 5.74) is 0.905. The maximum atomic E-state index is 11.7. The molecule has 1 atom stereocenters. The van der Waals surface area contributed by atoms with Crippen molar-refractivity contribution in [1.82, 2.24) is 5.32 Å². The number of hydrogen-bond donors (Lipinski definition) is 2. The molecule has 0 aliphatic heterocycles. The molecule has 1 rings (SSSR count). The van der Waals surface area contributed by atoms with Gasteiger partial charge in [-0.2, -0.15) is 0 Å². The summed E-state index contributed by atoms with van der Waals surface area (Å²) in [6.45, 7) is 4.10. The summed E-state index contributed by atoms with van der Waals surface area (Å²) in [5, 5.41) is 11.5. The predicted octanol–water partition coefficient (Wildman–Crippen LogP) is 3.37. The van der Waals surface area contributed by atoms with Gasteiger partial charge in [0.1, 0.15) is 5.75 Å². The monoisotopic (exact) mass is 293 g/mol. The number of aryl methyl sites for hydroxylation is 1. The predicted molar refractivity (Wildman–Crippen MR) is 80.5 cm³/mol. The van der Waals surface area contributed by atoms with Gasteiger partial charge in [-0.05, 0) is 37.0 Å². The number of rotatable bonds is 8. The summed E-state index contributed by atoms with van der Waals surface area (Å²) >= 11 is 0. The van der Waals surface area contributed by atoms with Crippen LogP contribution >= 0.6 is 0 Å². The highest BCUT2D eigenvalue weighted by atomic mass is 16.6. The van der Waals surface area contributed by atoms with Crippen molar-refractivity contribution in [2.75, 3.05) is 0 Å². The Morgan fingerprint density at radius 3 is 2.43 bits per heavy atom. The number of hydrogen-bond acceptors (Lipinski definition) is 3. The minimum atomic E-state index is -0.823. The van der Waals surface area contributed by atoms with E-state index in [-0.39, 0.29) is 12.5 Å². The number of carboxylic acids is 1. The van der Waals surface area contributed by atoms with Crippen LogP contribution in [0.2, 0.25) is 0 Å². The van der Waals surface area contributed by atoms with Crippen LogP contribution in [0.15, 0.2) is 24.3 Å². The van der Waals surface area contributed by atoms with Crippen LogP contribution in [-0.4, -0.2) is 23.2 Å². The first kappa shape index (κ1) is 17.0. The second-order valence-corrected chi connectivity index (χ2v) is 4.97.